The van der Waals surface area contributed by atoms with E-state index in [0.29, 0.717) is 23.6 Å². The van der Waals surface area contributed by atoms with Crippen molar-refractivity contribution in [2.75, 3.05) is 6.54 Å². The fourth-order valence-corrected chi connectivity index (χ4v) is 4.91. The van der Waals surface area contributed by atoms with Crippen LogP contribution in [0, 0.1) is 0 Å². The van der Waals surface area contributed by atoms with E-state index in [1.54, 1.807) is 43.6 Å². The number of likely N-dealkylation sites (tertiary alicyclic amines) is 1. The molecule has 1 aromatic carbocycles. The van der Waals surface area contributed by atoms with Gasteiger partial charge in [0.2, 0.25) is 0 Å². The standard InChI is InChI=1S/C23H26N4O2S/c1-15-9-10-16(21-26-19(14-30-21)23(2,3)29)13-27(15)22(28)18-8-5-4-7-17(18)20-24-11-6-12-25-20/h4-8,11-12,14-16,29H,9-10,13H2,1-3H3/t15-,16-/m1/s1. The number of aromatic nitrogens is 3. The van der Waals surface area contributed by atoms with Gasteiger partial charge in [0, 0.05) is 41.8 Å². The number of hydrogen-bond acceptors (Lipinski definition) is 6. The second-order valence-electron chi connectivity index (χ2n) is 8.33. The largest absolute Gasteiger partial charge is 0.384 e. The molecular weight excluding hydrogens is 396 g/mol. The number of benzene rings is 1. The second kappa shape index (κ2) is 8.24. The zero-order chi connectivity index (χ0) is 21.3. The number of thiazole rings is 1. The van der Waals surface area contributed by atoms with Crippen LogP contribution in [-0.2, 0) is 5.60 Å². The lowest BCUT2D eigenvalue weighted by atomic mass is 9.92. The minimum Gasteiger partial charge on any atom is -0.384 e. The van der Waals surface area contributed by atoms with Gasteiger partial charge in [0.25, 0.3) is 5.91 Å². The van der Waals surface area contributed by atoms with Gasteiger partial charge in [0.05, 0.1) is 16.3 Å². The monoisotopic (exact) mass is 422 g/mol. The molecule has 1 amide bonds. The number of carbonyl (C=O) groups is 1. The van der Waals surface area contributed by atoms with Crippen molar-refractivity contribution in [1.29, 1.82) is 0 Å². The summed E-state index contributed by atoms with van der Waals surface area (Å²) in [4.78, 5) is 28.8. The van der Waals surface area contributed by atoms with Crippen LogP contribution in [0.25, 0.3) is 11.4 Å². The highest BCUT2D eigenvalue weighted by Crippen LogP contribution is 2.35. The molecule has 0 radical (unpaired) electrons. The molecule has 30 heavy (non-hydrogen) atoms. The van der Waals surface area contributed by atoms with Crippen molar-refractivity contribution < 1.29 is 9.90 Å². The minimum absolute atomic E-state index is 0.00507. The van der Waals surface area contributed by atoms with Gasteiger partial charge in [-0.2, -0.15) is 0 Å². The Morgan fingerprint density at radius 1 is 1.17 bits per heavy atom. The van der Waals surface area contributed by atoms with Crippen LogP contribution in [0.1, 0.15) is 60.6 Å². The first-order valence-electron chi connectivity index (χ1n) is 10.2. The topological polar surface area (TPSA) is 79.2 Å². The Labute approximate surface area is 180 Å². The molecule has 3 heterocycles. The van der Waals surface area contributed by atoms with Crippen LogP contribution in [0.2, 0.25) is 0 Å². The molecule has 0 aliphatic carbocycles. The highest BCUT2D eigenvalue weighted by atomic mass is 32.1. The fraction of sp³-hybridized carbons (Fsp3) is 0.391. The summed E-state index contributed by atoms with van der Waals surface area (Å²) in [5, 5.41) is 13.1. The summed E-state index contributed by atoms with van der Waals surface area (Å²) >= 11 is 1.56. The first kappa shape index (κ1) is 20.6. The highest BCUT2D eigenvalue weighted by Gasteiger charge is 2.33. The number of piperidine rings is 1. The molecule has 0 spiro atoms. The number of amides is 1. The van der Waals surface area contributed by atoms with Gasteiger partial charge in [-0.15, -0.1) is 11.3 Å². The summed E-state index contributed by atoms with van der Waals surface area (Å²) in [6.45, 7) is 6.20. The molecule has 2 aromatic heterocycles. The van der Waals surface area contributed by atoms with Crippen molar-refractivity contribution >= 4 is 17.2 Å². The molecule has 6 nitrogen and oxygen atoms in total. The summed E-state index contributed by atoms with van der Waals surface area (Å²) in [6.07, 6.45) is 5.27. The quantitative estimate of drug-likeness (QED) is 0.680. The smallest absolute Gasteiger partial charge is 0.254 e. The van der Waals surface area contributed by atoms with Crippen molar-refractivity contribution in [2.45, 2.75) is 51.2 Å². The third-order valence-corrected chi connectivity index (χ3v) is 6.61. The van der Waals surface area contributed by atoms with E-state index in [-0.39, 0.29) is 17.9 Å². The third kappa shape index (κ3) is 4.13. The number of carbonyl (C=O) groups excluding carboxylic acids is 1. The SMILES string of the molecule is C[C@@H]1CC[C@@H](c2nc(C(C)(C)O)cs2)CN1C(=O)c1ccccc1-c1ncccn1. The average Bonchev–Trinajstić information content (AvgIpc) is 3.25. The molecule has 2 atom stereocenters. The van der Waals surface area contributed by atoms with Crippen LogP contribution in [-0.4, -0.2) is 43.5 Å². The van der Waals surface area contributed by atoms with Gasteiger partial charge in [-0.05, 0) is 45.7 Å². The van der Waals surface area contributed by atoms with Crippen LogP contribution >= 0.6 is 11.3 Å². The van der Waals surface area contributed by atoms with Crippen molar-refractivity contribution in [3.8, 4) is 11.4 Å². The third-order valence-electron chi connectivity index (χ3n) is 5.61. The second-order valence-corrected chi connectivity index (χ2v) is 9.22. The van der Waals surface area contributed by atoms with Gasteiger partial charge < -0.3 is 10.0 Å². The first-order valence-corrected chi connectivity index (χ1v) is 11.1. The van der Waals surface area contributed by atoms with Gasteiger partial charge in [0.15, 0.2) is 5.82 Å². The maximum atomic E-state index is 13.6. The van der Waals surface area contributed by atoms with Crippen molar-refractivity contribution in [1.82, 2.24) is 19.9 Å². The van der Waals surface area contributed by atoms with E-state index in [2.05, 4.69) is 21.9 Å². The lowest BCUT2D eigenvalue weighted by molar-refractivity contribution is 0.0605. The van der Waals surface area contributed by atoms with E-state index in [4.69, 9.17) is 0 Å². The Bertz CT molecular complexity index is 1030. The maximum Gasteiger partial charge on any atom is 0.254 e. The summed E-state index contributed by atoms with van der Waals surface area (Å²) in [5.74, 6) is 0.721. The molecule has 1 fully saturated rings. The minimum atomic E-state index is -0.958. The summed E-state index contributed by atoms with van der Waals surface area (Å²) in [6, 6.07) is 9.43. The van der Waals surface area contributed by atoms with Crippen molar-refractivity contribution in [2.24, 2.45) is 0 Å². The van der Waals surface area contributed by atoms with Gasteiger partial charge in [0.1, 0.15) is 5.60 Å². The molecule has 4 rings (SSSR count). The van der Waals surface area contributed by atoms with Crippen LogP contribution in [0.15, 0.2) is 48.1 Å². The Morgan fingerprint density at radius 3 is 2.60 bits per heavy atom. The van der Waals surface area contributed by atoms with E-state index in [0.717, 1.165) is 23.4 Å². The van der Waals surface area contributed by atoms with Gasteiger partial charge in [-0.1, -0.05) is 18.2 Å². The Morgan fingerprint density at radius 2 is 1.90 bits per heavy atom. The van der Waals surface area contributed by atoms with Gasteiger partial charge in [-0.25, -0.2) is 15.0 Å². The predicted octanol–water partition coefficient (Wildman–Crippen LogP) is 4.24. The molecular formula is C23H26N4O2S. The molecule has 1 aliphatic heterocycles. The summed E-state index contributed by atoms with van der Waals surface area (Å²) < 4.78 is 0. The van der Waals surface area contributed by atoms with Crippen LogP contribution < -0.4 is 0 Å². The molecule has 0 saturated carbocycles. The maximum absolute atomic E-state index is 13.6. The van der Waals surface area contributed by atoms with Crippen molar-refractivity contribution in [3.63, 3.8) is 0 Å². The number of rotatable bonds is 4. The lowest BCUT2D eigenvalue weighted by Gasteiger charge is -2.37. The molecule has 1 aliphatic rings. The van der Waals surface area contributed by atoms with Gasteiger partial charge >= 0.3 is 0 Å². The van der Waals surface area contributed by atoms with Gasteiger partial charge in [-0.3, -0.25) is 4.79 Å². The molecule has 0 unspecified atom stereocenters. The molecule has 0 bridgehead atoms. The zero-order valence-corrected chi connectivity index (χ0v) is 18.3. The molecule has 156 valence electrons. The Kier molecular flexibility index (Phi) is 5.66. The highest BCUT2D eigenvalue weighted by molar-refractivity contribution is 7.09. The lowest BCUT2D eigenvalue weighted by Crippen LogP contribution is -2.45. The van der Waals surface area contributed by atoms with E-state index < -0.39 is 5.60 Å². The zero-order valence-electron chi connectivity index (χ0n) is 17.4. The van der Waals surface area contributed by atoms with Crippen LogP contribution in [0.5, 0.6) is 0 Å². The average molecular weight is 423 g/mol. The molecule has 1 N–H and O–H groups in total. The van der Waals surface area contributed by atoms with E-state index in [1.165, 1.54) is 0 Å². The Balaban J connectivity index is 1.61. The predicted molar refractivity (Wildman–Crippen MR) is 117 cm³/mol. The fourth-order valence-electron chi connectivity index (χ4n) is 3.81. The normalized spacial score (nSPS) is 19.7. The number of hydrogen-bond donors (Lipinski definition) is 1. The first-order chi connectivity index (χ1) is 14.3. The summed E-state index contributed by atoms with van der Waals surface area (Å²) in [5.41, 5.74) is 1.09. The number of nitrogens with zero attached hydrogens (tertiary/aromatic N) is 4. The Hall–Kier alpha value is -2.64. The van der Waals surface area contributed by atoms with E-state index in [9.17, 15) is 9.90 Å². The van der Waals surface area contributed by atoms with E-state index >= 15 is 0 Å². The van der Waals surface area contributed by atoms with Crippen LogP contribution in [0.3, 0.4) is 0 Å². The molecule has 3 aromatic rings. The number of aliphatic hydroxyl groups is 1. The molecule has 1 saturated heterocycles. The van der Waals surface area contributed by atoms with Crippen LogP contribution in [0.4, 0.5) is 0 Å². The van der Waals surface area contributed by atoms with Crippen molar-refractivity contribution in [3.05, 3.63) is 64.4 Å². The summed E-state index contributed by atoms with van der Waals surface area (Å²) in [7, 11) is 0. The van der Waals surface area contributed by atoms with E-state index in [1.807, 2.05) is 34.5 Å². The molecule has 7 heteroatoms.